The van der Waals surface area contributed by atoms with E-state index in [-0.39, 0.29) is 17.0 Å². The highest BCUT2D eigenvalue weighted by molar-refractivity contribution is 9.10. The van der Waals surface area contributed by atoms with E-state index in [2.05, 4.69) is 25.6 Å². The third-order valence-corrected chi connectivity index (χ3v) is 7.08. The van der Waals surface area contributed by atoms with Crippen molar-refractivity contribution in [3.8, 4) is 10.6 Å². The monoisotopic (exact) mass is 443 g/mol. The van der Waals surface area contributed by atoms with Crippen molar-refractivity contribution in [3.63, 3.8) is 0 Å². The summed E-state index contributed by atoms with van der Waals surface area (Å²) in [5.74, 6) is 0.0277. The van der Waals surface area contributed by atoms with Gasteiger partial charge in [-0.1, -0.05) is 28.1 Å². The molecule has 0 bridgehead atoms. The Balaban J connectivity index is 1.69. The second-order valence-corrected chi connectivity index (χ2v) is 9.33. The second-order valence-electron chi connectivity index (χ2n) is 5.90. The minimum atomic E-state index is -3.66. The van der Waals surface area contributed by atoms with Crippen molar-refractivity contribution in [3.05, 3.63) is 34.1 Å². The maximum absolute atomic E-state index is 12.6. The molecule has 1 fully saturated rings. The maximum atomic E-state index is 12.6. The Morgan fingerprint density at radius 2 is 1.92 bits per heavy atom. The molecule has 2 aromatic rings. The van der Waals surface area contributed by atoms with Crippen molar-refractivity contribution in [1.29, 1.82) is 0 Å². The van der Waals surface area contributed by atoms with Gasteiger partial charge in [0.15, 0.2) is 5.03 Å². The number of thiazole rings is 1. The molecule has 2 heterocycles. The fraction of sp³-hybridized carbons (Fsp3) is 0.375. The Bertz CT molecular complexity index is 857. The van der Waals surface area contributed by atoms with Gasteiger partial charge in [0, 0.05) is 41.5 Å². The van der Waals surface area contributed by atoms with Gasteiger partial charge in [0.05, 0.1) is 0 Å². The number of halogens is 1. The fourth-order valence-electron chi connectivity index (χ4n) is 2.70. The number of nitrogens with zero attached hydrogens (tertiary/aromatic N) is 2. The fourth-order valence-corrected chi connectivity index (χ4v) is 5.37. The summed E-state index contributed by atoms with van der Waals surface area (Å²) in [7, 11) is -3.66. The third-order valence-electron chi connectivity index (χ3n) is 4.11. The zero-order valence-corrected chi connectivity index (χ0v) is 16.8. The van der Waals surface area contributed by atoms with Gasteiger partial charge in [0.1, 0.15) is 5.01 Å². The Morgan fingerprint density at radius 1 is 1.28 bits per heavy atom. The van der Waals surface area contributed by atoms with E-state index in [1.54, 1.807) is 10.3 Å². The van der Waals surface area contributed by atoms with Gasteiger partial charge in [-0.25, -0.2) is 18.1 Å². The van der Waals surface area contributed by atoms with Crippen LogP contribution in [0.25, 0.3) is 10.6 Å². The zero-order valence-electron chi connectivity index (χ0n) is 13.6. The van der Waals surface area contributed by atoms with Crippen molar-refractivity contribution in [2.24, 2.45) is 0 Å². The summed E-state index contributed by atoms with van der Waals surface area (Å²) >= 11 is 4.68. The largest absolute Gasteiger partial charge is 0.343 e. The number of hydrogen-bond donors (Lipinski definition) is 1. The lowest BCUT2D eigenvalue weighted by atomic mass is 10.1. The van der Waals surface area contributed by atoms with Gasteiger partial charge in [0.25, 0.3) is 10.0 Å². The van der Waals surface area contributed by atoms with Gasteiger partial charge in [0.2, 0.25) is 5.91 Å². The SMILES string of the molecule is CC(=O)N1CCC(NS(=O)(=O)c2csc(-c3ccc(Br)cc3)n2)CC1. The average molecular weight is 444 g/mol. The molecule has 6 nitrogen and oxygen atoms in total. The van der Waals surface area contributed by atoms with Gasteiger partial charge in [-0.05, 0) is 25.0 Å². The summed E-state index contributed by atoms with van der Waals surface area (Å²) < 4.78 is 28.8. The number of amides is 1. The van der Waals surface area contributed by atoms with Crippen molar-refractivity contribution >= 4 is 43.2 Å². The molecule has 1 amide bonds. The number of benzene rings is 1. The van der Waals surface area contributed by atoms with Gasteiger partial charge < -0.3 is 4.90 Å². The number of hydrogen-bond acceptors (Lipinski definition) is 5. The van der Waals surface area contributed by atoms with Crippen LogP contribution in [-0.4, -0.2) is 43.3 Å². The van der Waals surface area contributed by atoms with E-state index >= 15 is 0 Å². The number of sulfonamides is 1. The third kappa shape index (κ3) is 4.46. The first-order chi connectivity index (χ1) is 11.8. The number of carbonyl (C=O) groups is 1. The van der Waals surface area contributed by atoms with E-state index < -0.39 is 10.0 Å². The van der Waals surface area contributed by atoms with Crippen LogP contribution in [0.2, 0.25) is 0 Å². The van der Waals surface area contributed by atoms with Gasteiger partial charge in [-0.3, -0.25) is 4.79 Å². The smallest absolute Gasteiger partial charge is 0.259 e. The highest BCUT2D eigenvalue weighted by Gasteiger charge is 2.27. The molecule has 1 N–H and O–H groups in total. The summed E-state index contributed by atoms with van der Waals surface area (Å²) in [5.41, 5.74) is 0.879. The van der Waals surface area contributed by atoms with Crippen LogP contribution in [0.4, 0.5) is 0 Å². The number of rotatable bonds is 4. The first-order valence-electron chi connectivity index (χ1n) is 7.84. The summed E-state index contributed by atoms with van der Waals surface area (Å²) in [6.45, 7) is 2.68. The van der Waals surface area contributed by atoms with E-state index in [0.717, 1.165) is 10.0 Å². The van der Waals surface area contributed by atoms with Crippen LogP contribution in [0.1, 0.15) is 19.8 Å². The molecular formula is C16H18BrN3O3S2. The molecule has 1 aromatic carbocycles. The standard InChI is InChI=1S/C16H18BrN3O3S2/c1-11(21)20-8-6-14(7-9-20)19-25(22,23)15-10-24-16(18-15)12-2-4-13(17)5-3-12/h2-5,10,14,19H,6-9H2,1H3. The van der Waals surface area contributed by atoms with Crippen molar-refractivity contribution in [1.82, 2.24) is 14.6 Å². The Morgan fingerprint density at radius 3 is 2.52 bits per heavy atom. The van der Waals surface area contributed by atoms with Crippen molar-refractivity contribution in [2.75, 3.05) is 13.1 Å². The predicted octanol–water partition coefficient (Wildman–Crippen LogP) is 2.86. The number of likely N-dealkylation sites (tertiary alicyclic amines) is 1. The summed E-state index contributed by atoms with van der Waals surface area (Å²) in [5, 5.41) is 2.27. The number of piperidine rings is 1. The highest BCUT2D eigenvalue weighted by Crippen LogP contribution is 2.27. The first-order valence-corrected chi connectivity index (χ1v) is 11.0. The van der Waals surface area contributed by atoms with Crippen LogP contribution in [0, 0.1) is 0 Å². The van der Waals surface area contributed by atoms with Gasteiger partial charge >= 0.3 is 0 Å². The lowest BCUT2D eigenvalue weighted by Crippen LogP contribution is -2.45. The van der Waals surface area contributed by atoms with E-state index in [1.807, 2.05) is 24.3 Å². The van der Waals surface area contributed by atoms with Crippen molar-refractivity contribution < 1.29 is 13.2 Å². The predicted molar refractivity (Wildman–Crippen MR) is 101 cm³/mol. The molecule has 1 aromatic heterocycles. The minimum Gasteiger partial charge on any atom is -0.343 e. The normalized spacial score (nSPS) is 16.2. The minimum absolute atomic E-state index is 0.0277. The quantitative estimate of drug-likeness (QED) is 0.787. The molecule has 1 aliphatic heterocycles. The molecule has 1 aliphatic rings. The molecule has 25 heavy (non-hydrogen) atoms. The van der Waals surface area contributed by atoms with Crippen LogP contribution >= 0.6 is 27.3 Å². The summed E-state index contributed by atoms with van der Waals surface area (Å²) in [6, 6.07) is 7.41. The maximum Gasteiger partial charge on any atom is 0.259 e. The highest BCUT2D eigenvalue weighted by atomic mass is 79.9. The molecule has 0 spiro atoms. The van der Waals surface area contributed by atoms with Crippen LogP contribution in [-0.2, 0) is 14.8 Å². The molecular weight excluding hydrogens is 426 g/mol. The molecule has 0 radical (unpaired) electrons. The molecule has 1 saturated heterocycles. The van der Waals surface area contributed by atoms with E-state index in [0.29, 0.717) is 30.9 Å². The lowest BCUT2D eigenvalue weighted by molar-refractivity contribution is -0.129. The molecule has 0 unspecified atom stereocenters. The van der Waals surface area contributed by atoms with E-state index in [1.165, 1.54) is 18.3 Å². The number of nitrogens with one attached hydrogen (secondary N) is 1. The van der Waals surface area contributed by atoms with Crippen LogP contribution in [0.5, 0.6) is 0 Å². The summed E-state index contributed by atoms with van der Waals surface area (Å²) in [4.78, 5) is 17.4. The Hall–Kier alpha value is -1.29. The molecule has 3 rings (SSSR count). The topological polar surface area (TPSA) is 79.4 Å². The van der Waals surface area contributed by atoms with Crippen LogP contribution in [0.3, 0.4) is 0 Å². The second kappa shape index (κ2) is 7.53. The number of carbonyl (C=O) groups excluding carboxylic acids is 1. The number of aromatic nitrogens is 1. The molecule has 0 saturated carbocycles. The van der Waals surface area contributed by atoms with E-state index in [9.17, 15) is 13.2 Å². The Kier molecular flexibility index (Phi) is 5.57. The Labute approximate surface area is 159 Å². The molecule has 0 atom stereocenters. The van der Waals surface area contributed by atoms with Crippen molar-refractivity contribution in [2.45, 2.75) is 30.8 Å². The molecule has 9 heteroatoms. The van der Waals surface area contributed by atoms with Crippen LogP contribution < -0.4 is 4.72 Å². The molecule has 0 aliphatic carbocycles. The lowest BCUT2D eigenvalue weighted by Gasteiger charge is -2.31. The van der Waals surface area contributed by atoms with Gasteiger partial charge in [-0.2, -0.15) is 0 Å². The average Bonchev–Trinajstić information content (AvgIpc) is 3.06. The zero-order chi connectivity index (χ0) is 18.0. The summed E-state index contributed by atoms with van der Waals surface area (Å²) in [6.07, 6.45) is 1.23. The van der Waals surface area contributed by atoms with E-state index in [4.69, 9.17) is 0 Å². The first kappa shape index (κ1) is 18.5. The van der Waals surface area contributed by atoms with Gasteiger partial charge in [-0.15, -0.1) is 11.3 Å². The molecule has 134 valence electrons. The van der Waals surface area contributed by atoms with Crippen LogP contribution in [0.15, 0.2) is 39.1 Å².